The summed E-state index contributed by atoms with van der Waals surface area (Å²) >= 11 is 0. The molecule has 2 N–H and O–H groups in total. The summed E-state index contributed by atoms with van der Waals surface area (Å²) in [4.78, 5) is 37.2. The Kier molecular flexibility index (Phi) is 7.44. The van der Waals surface area contributed by atoms with Crippen LogP contribution in [0.5, 0.6) is 0 Å². The monoisotopic (exact) mass is 398 g/mol. The Labute approximate surface area is 169 Å². The van der Waals surface area contributed by atoms with Crippen molar-refractivity contribution in [2.24, 2.45) is 0 Å². The quantitative estimate of drug-likeness (QED) is 0.552. The number of furan rings is 1. The molecule has 29 heavy (non-hydrogen) atoms. The van der Waals surface area contributed by atoms with Gasteiger partial charge in [0.15, 0.2) is 18.4 Å². The van der Waals surface area contributed by atoms with Crippen molar-refractivity contribution < 1.29 is 23.5 Å². The minimum Gasteiger partial charge on any atom is -0.459 e. The molecular weight excluding hydrogens is 372 g/mol. The molecule has 1 aromatic heterocycles. The summed E-state index contributed by atoms with van der Waals surface area (Å²) in [7, 11) is 0. The summed E-state index contributed by atoms with van der Waals surface area (Å²) in [5.41, 5.74) is 0.557. The largest absolute Gasteiger partial charge is 0.459 e. The van der Waals surface area contributed by atoms with Gasteiger partial charge in [-0.2, -0.15) is 0 Å². The van der Waals surface area contributed by atoms with Gasteiger partial charge in [0, 0.05) is 6.04 Å². The standard InChI is InChI=1S/C22H26N2O5/c25-19(23-17-11-6-1-2-7-12-17)15-29-22(27)20(16-9-4-3-5-10-16)24-21(26)18-13-8-14-28-18/h3-5,8-10,13-14,17,20H,1-2,6-7,11-12,15H2,(H,23,25)(H,24,26). The number of hydrogen-bond acceptors (Lipinski definition) is 5. The maximum absolute atomic E-state index is 12.7. The summed E-state index contributed by atoms with van der Waals surface area (Å²) < 4.78 is 10.3. The number of rotatable bonds is 7. The van der Waals surface area contributed by atoms with Gasteiger partial charge in [-0.25, -0.2) is 4.79 Å². The van der Waals surface area contributed by atoms with E-state index >= 15 is 0 Å². The summed E-state index contributed by atoms with van der Waals surface area (Å²) in [6.45, 7) is -0.380. The highest BCUT2D eigenvalue weighted by atomic mass is 16.5. The number of carbonyl (C=O) groups excluding carboxylic acids is 3. The van der Waals surface area contributed by atoms with Crippen molar-refractivity contribution in [1.29, 1.82) is 0 Å². The molecule has 7 heteroatoms. The lowest BCUT2D eigenvalue weighted by molar-refractivity contribution is -0.150. The number of esters is 1. The van der Waals surface area contributed by atoms with Gasteiger partial charge in [-0.05, 0) is 30.5 Å². The minimum absolute atomic E-state index is 0.0878. The van der Waals surface area contributed by atoms with Crippen LogP contribution in [0.1, 0.15) is 60.7 Å². The van der Waals surface area contributed by atoms with Gasteiger partial charge in [0.1, 0.15) is 0 Å². The molecule has 0 bridgehead atoms. The van der Waals surface area contributed by atoms with E-state index in [0.29, 0.717) is 5.56 Å². The van der Waals surface area contributed by atoms with Gasteiger partial charge in [0.25, 0.3) is 11.8 Å². The topological polar surface area (TPSA) is 97.6 Å². The van der Waals surface area contributed by atoms with Crippen LogP contribution in [-0.2, 0) is 14.3 Å². The Morgan fingerprint density at radius 3 is 2.38 bits per heavy atom. The first kappa shape index (κ1) is 20.6. The third-order valence-electron chi connectivity index (χ3n) is 4.95. The lowest BCUT2D eigenvalue weighted by Crippen LogP contribution is -2.39. The molecule has 1 aliphatic carbocycles. The summed E-state index contributed by atoms with van der Waals surface area (Å²) in [6, 6.07) is 10.9. The van der Waals surface area contributed by atoms with Crippen LogP contribution in [-0.4, -0.2) is 30.4 Å². The molecule has 0 spiro atoms. The highest BCUT2D eigenvalue weighted by molar-refractivity contribution is 5.95. The van der Waals surface area contributed by atoms with E-state index in [1.54, 1.807) is 36.4 Å². The fraction of sp³-hybridized carbons (Fsp3) is 0.409. The zero-order valence-electron chi connectivity index (χ0n) is 16.3. The number of amides is 2. The average molecular weight is 398 g/mol. The molecule has 2 amide bonds. The van der Waals surface area contributed by atoms with Gasteiger partial charge in [-0.15, -0.1) is 0 Å². The molecule has 1 fully saturated rings. The molecule has 1 atom stereocenters. The number of hydrogen-bond donors (Lipinski definition) is 2. The molecule has 1 heterocycles. The Hall–Kier alpha value is -3.09. The SMILES string of the molecule is O=C(COC(=O)C(NC(=O)c1ccco1)c1ccccc1)NC1CCCCCC1. The van der Waals surface area contributed by atoms with Gasteiger partial charge < -0.3 is 19.8 Å². The first-order valence-electron chi connectivity index (χ1n) is 9.99. The van der Waals surface area contributed by atoms with E-state index in [1.807, 2.05) is 0 Å². The van der Waals surface area contributed by atoms with Crippen molar-refractivity contribution in [1.82, 2.24) is 10.6 Å². The number of nitrogens with one attached hydrogen (secondary N) is 2. The third-order valence-corrected chi connectivity index (χ3v) is 4.95. The van der Waals surface area contributed by atoms with Crippen molar-refractivity contribution in [3.63, 3.8) is 0 Å². The summed E-state index contributed by atoms with van der Waals surface area (Å²) in [6.07, 6.45) is 7.85. The Balaban J connectivity index is 1.59. The third kappa shape index (κ3) is 6.20. The molecule has 3 rings (SSSR count). The number of carbonyl (C=O) groups is 3. The van der Waals surface area contributed by atoms with Gasteiger partial charge in [-0.3, -0.25) is 9.59 Å². The predicted molar refractivity (Wildman–Crippen MR) is 106 cm³/mol. The molecule has 0 aliphatic heterocycles. The molecule has 1 aliphatic rings. The molecule has 0 radical (unpaired) electrons. The maximum Gasteiger partial charge on any atom is 0.333 e. The van der Waals surface area contributed by atoms with E-state index in [2.05, 4.69) is 10.6 Å². The Bertz CT molecular complexity index is 796. The van der Waals surface area contributed by atoms with Crippen molar-refractivity contribution in [2.45, 2.75) is 50.6 Å². The van der Waals surface area contributed by atoms with Gasteiger partial charge in [0.05, 0.1) is 6.26 Å². The highest BCUT2D eigenvalue weighted by Crippen LogP contribution is 2.18. The molecule has 154 valence electrons. The smallest absolute Gasteiger partial charge is 0.333 e. The zero-order valence-corrected chi connectivity index (χ0v) is 16.3. The molecular formula is C22H26N2O5. The molecule has 0 saturated heterocycles. The van der Waals surface area contributed by atoms with E-state index in [9.17, 15) is 14.4 Å². The summed E-state index contributed by atoms with van der Waals surface area (Å²) in [5.74, 6) is -1.48. The fourth-order valence-corrected chi connectivity index (χ4v) is 3.45. The normalized spacial score (nSPS) is 15.7. The van der Waals surface area contributed by atoms with Crippen LogP contribution in [0.25, 0.3) is 0 Å². The van der Waals surface area contributed by atoms with Gasteiger partial charge in [-0.1, -0.05) is 56.0 Å². The van der Waals surface area contributed by atoms with E-state index in [-0.39, 0.29) is 24.3 Å². The maximum atomic E-state index is 12.7. The number of benzene rings is 1. The van der Waals surface area contributed by atoms with Crippen LogP contribution in [0.3, 0.4) is 0 Å². The number of ether oxygens (including phenoxy) is 1. The lowest BCUT2D eigenvalue weighted by Gasteiger charge is -2.19. The molecule has 1 saturated carbocycles. The highest BCUT2D eigenvalue weighted by Gasteiger charge is 2.26. The Morgan fingerprint density at radius 2 is 1.72 bits per heavy atom. The first-order valence-corrected chi connectivity index (χ1v) is 9.99. The van der Waals surface area contributed by atoms with Crippen LogP contribution in [0.2, 0.25) is 0 Å². The fourth-order valence-electron chi connectivity index (χ4n) is 3.45. The van der Waals surface area contributed by atoms with Crippen molar-refractivity contribution in [3.8, 4) is 0 Å². The lowest BCUT2D eigenvalue weighted by atomic mass is 10.1. The van der Waals surface area contributed by atoms with E-state index in [4.69, 9.17) is 9.15 Å². The van der Waals surface area contributed by atoms with Crippen LogP contribution in [0.4, 0.5) is 0 Å². The molecule has 2 aromatic rings. The van der Waals surface area contributed by atoms with Crippen LogP contribution in [0.15, 0.2) is 53.1 Å². The first-order chi connectivity index (χ1) is 14.1. The predicted octanol–water partition coefficient (Wildman–Crippen LogP) is 3.13. The average Bonchev–Trinajstić information content (AvgIpc) is 3.16. The second kappa shape index (κ2) is 10.5. The molecule has 1 unspecified atom stereocenters. The van der Waals surface area contributed by atoms with Crippen molar-refractivity contribution in [3.05, 3.63) is 60.1 Å². The van der Waals surface area contributed by atoms with Gasteiger partial charge >= 0.3 is 5.97 Å². The van der Waals surface area contributed by atoms with Crippen LogP contribution < -0.4 is 10.6 Å². The van der Waals surface area contributed by atoms with Crippen LogP contribution in [0, 0.1) is 0 Å². The molecule has 1 aromatic carbocycles. The van der Waals surface area contributed by atoms with Crippen LogP contribution >= 0.6 is 0 Å². The van der Waals surface area contributed by atoms with Gasteiger partial charge in [0.2, 0.25) is 0 Å². The van der Waals surface area contributed by atoms with Crippen molar-refractivity contribution >= 4 is 17.8 Å². The minimum atomic E-state index is -1.04. The van der Waals surface area contributed by atoms with E-state index in [1.165, 1.54) is 25.2 Å². The van der Waals surface area contributed by atoms with E-state index < -0.39 is 17.9 Å². The van der Waals surface area contributed by atoms with Crippen molar-refractivity contribution in [2.75, 3.05) is 6.61 Å². The van der Waals surface area contributed by atoms with E-state index in [0.717, 1.165) is 25.7 Å². The second-order valence-electron chi connectivity index (χ2n) is 7.16. The second-order valence-corrected chi connectivity index (χ2v) is 7.16. The zero-order chi connectivity index (χ0) is 20.5. The molecule has 7 nitrogen and oxygen atoms in total. The summed E-state index contributed by atoms with van der Waals surface area (Å²) in [5, 5.41) is 5.55. The Morgan fingerprint density at radius 1 is 1.00 bits per heavy atom.